The monoisotopic (exact) mass is 382 g/mol. The molecule has 1 atom stereocenters. The topological polar surface area (TPSA) is 17.8 Å². The first-order chi connectivity index (χ1) is 12.1. The molecule has 0 spiro atoms. The van der Waals surface area contributed by atoms with Crippen LogP contribution in [0.25, 0.3) is 11.1 Å². The molecule has 0 saturated heterocycles. The summed E-state index contributed by atoms with van der Waals surface area (Å²) in [6.07, 6.45) is 0. The lowest BCUT2D eigenvalue weighted by Crippen LogP contribution is -2.23. The average molecular weight is 383 g/mol. The van der Waals surface area contributed by atoms with E-state index in [2.05, 4.69) is 5.10 Å². The second-order valence-electron chi connectivity index (χ2n) is 6.18. The molecule has 2 nitrogen and oxygen atoms in total. The van der Waals surface area contributed by atoms with Crippen LogP contribution in [0.15, 0.2) is 36.4 Å². The zero-order chi connectivity index (χ0) is 19.2. The average Bonchev–Trinajstić information content (AvgIpc) is 2.82. The summed E-state index contributed by atoms with van der Waals surface area (Å²) >= 11 is 6.14. The third-order valence-corrected chi connectivity index (χ3v) is 4.62. The normalized spacial score (nSPS) is 13.7. The molecule has 0 aliphatic carbocycles. The van der Waals surface area contributed by atoms with Crippen molar-refractivity contribution in [3.63, 3.8) is 0 Å². The van der Waals surface area contributed by atoms with Crippen molar-refractivity contribution in [1.82, 2.24) is 9.78 Å². The highest BCUT2D eigenvalue weighted by Gasteiger charge is 2.38. The van der Waals surface area contributed by atoms with E-state index in [0.29, 0.717) is 22.9 Å². The van der Waals surface area contributed by atoms with Crippen LogP contribution < -0.4 is 0 Å². The number of rotatable bonds is 3. The first-order valence-electron chi connectivity index (χ1n) is 7.77. The van der Waals surface area contributed by atoms with E-state index in [1.54, 1.807) is 6.92 Å². The maximum absolute atomic E-state index is 15.8. The minimum Gasteiger partial charge on any atom is -0.268 e. The molecule has 0 aliphatic rings. The molecule has 136 valence electrons. The van der Waals surface area contributed by atoms with E-state index in [1.807, 2.05) is 0 Å². The van der Waals surface area contributed by atoms with Crippen molar-refractivity contribution in [2.45, 2.75) is 19.5 Å². The smallest absolute Gasteiger partial charge is 0.178 e. The fourth-order valence-corrected chi connectivity index (χ4v) is 3.47. The second-order valence-corrected chi connectivity index (χ2v) is 6.59. The van der Waals surface area contributed by atoms with Gasteiger partial charge in [0.2, 0.25) is 0 Å². The highest BCUT2D eigenvalue weighted by Crippen LogP contribution is 2.43. The fourth-order valence-electron chi connectivity index (χ4n) is 3.21. The van der Waals surface area contributed by atoms with Gasteiger partial charge in [0.05, 0.1) is 16.4 Å². The standard InChI is InChI=1S/C19H15ClF4N2/c1-10-17(13-6-4-11(21)8-15(13)20)18(26(3)25-10)19(2,24)14-7-5-12(22)9-16(14)23/h4-9H,1-3H3. The van der Waals surface area contributed by atoms with Crippen molar-refractivity contribution in [3.05, 3.63) is 75.8 Å². The highest BCUT2D eigenvalue weighted by atomic mass is 35.5. The third kappa shape index (κ3) is 2.98. The van der Waals surface area contributed by atoms with Gasteiger partial charge in [-0.15, -0.1) is 0 Å². The van der Waals surface area contributed by atoms with Crippen molar-refractivity contribution < 1.29 is 17.6 Å². The second kappa shape index (κ2) is 6.43. The molecule has 1 unspecified atom stereocenters. The van der Waals surface area contributed by atoms with E-state index in [-0.39, 0.29) is 16.3 Å². The SMILES string of the molecule is Cc1nn(C)c(C(C)(F)c2ccc(F)cc2F)c1-c1ccc(F)cc1Cl. The van der Waals surface area contributed by atoms with E-state index in [9.17, 15) is 13.2 Å². The third-order valence-electron chi connectivity index (χ3n) is 4.30. The summed E-state index contributed by atoms with van der Waals surface area (Å²) in [6.45, 7) is 2.82. The molecule has 0 fully saturated rings. The van der Waals surface area contributed by atoms with Crippen LogP contribution in [0.1, 0.15) is 23.9 Å². The highest BCUT2D eigenvalue weighted by molar-refractivity contribution is 6.33. The van der Waals surface area contributed by atoms with Gasteiger partial charge in [-0.1, -0.05) is 11.6 Å². The Bertz CT molecular complexity index is 995. The Kier molecular flexibility index (Phi) is 4.56. The van der Waals surface area contributed by atoms with Crippen LogP contribution in [0, 0.1) is 24.4 Å². The number of alkyl halides is 1. The molecule has 1 aromatic heterocycles. The van der Waals surface area contributed by atoms with E-state index < -0.39 is 23.1 Å². The zero-order valence-electron chi connectivity index (χ0n) is 14.2. The Hall–Kier alpha value is -2.34. The lowest BCUT2D eigenvalue weighted by molar-refractivity contribution is 0.228. The summed E-state index contributed by atoms with van der Waals surface area (Å²) < 4.78 is 58.0. The molecule has 0 radical (unpaired) electrons. The number of aromatic nitrogens is 2. The van der Waals surface area contributed by atoms with Gasteiger partial charge >= 0.3 is 0 Å². The maximum Gasteiger partial charge on any atom is 0.178 e. The molecule has 0 amide bonds. The summed E-state index contributed by atoms with van der Waals surface area (Å²) in [4.78, 5) is 0. The van der Waals surface area contributed by atoms with E-state index in [1.165, 1.54) is 30.8 Å². The Morgan fingerprint density at radius 1 is 1.04 bits per heavy atom. The molecule has 7 heteroatoms. The molecule has 2 aromatic carbocycles. The predicted octanol–water partition coefficient (Wildman–Crippen LogP) is 5.70. The summed E-state index contributed by atoms with van der Waals surface area (Å²) in [5, 5.41) is 4.30. The van der Waals surface area contributed by atoms with Crippen molar-refractivity contribution in [2.75, 3.05) is 0 Å². The van der Waals surface area contributed by atoms with Crippen LogP contribution in [-0.2, 0) is 12.7 Å². The summed E-state index contributed by atoms with van der Waals surface area (Å²) in [5.74, 6) is -2.34. The Balaban J connectivity index is 2.28. The van der Waals surface area contributed by atoms with Crippen LogP contribution in [-0.4, -0.2) is 9.78 Å². The van der Waals surface area contributed by atoms with Gasteiger partial charge in [0, 0.05) is 29.8 Å². The van der Waals surface area contributed by atoms with E-state index in [0.717, 1.165) is 18.2 Å². The zero-order valence-corrected chi connectivity index (χ0v) is 15.0. The van der Waals surface area contributed by atoms with Crippen molar-refractivity contribution in [1.29, 1.82) is 0 Å². The summed E-state index contributed by atoms with van der Waals surface area (Å²) in [7, 11) is 1.52. The van der Waals surface area contributed by atoms with Crippen LogP contribution in [0.4, 0.5) is 17.6 Å². The molecular weight excluding hydrogens is 368 g/mol. The Morgan fingerprint density at radius 3 is 2.27 bits per heavy atom. The minimum absolute atomic E-state index is 0.0361. The van der Waals surface area contributed by atoms with E-state index >= 15 is 4.39 Å². The number of halogens is 5. The summed E-state index contributed by atoms with van der Waals surface area (Å²) in [6, 6.07) is 6.41. The summed E-state index contributed by atoms with van der Waals surface area (Å²) in [5.41, 5.74) is -1.47. The van der Waals surface area contributed by atoms with Gasteiger partial charge < -0.3 is 0 Å². The molecule has 26 heavy (non-hydrogen) atoms. The Labute approximate surface area is 153 Å². The largest absolute Gasteiger partial charge is 0.268 e. The van der Waals surface area contributed by atoms with Crippen LogP contribution in [0.2, 0.25) is 5.02 Å². The molecule has 0 aliphatic heterocycles. The van der Waals surface area contributed by atoms with Gasteiger partial charge in [-0.3, -0.25) is 4.68 Å². The van der Waals surface area contributed by atoms with Gasteiger partial charge in [-0.2, -0.15) is 5.10 Å². The number of hydrogen-bond acceptors (Lipinski definition) is 1. The van der Waals surface area contributed by atoms with Gasteiger partial charge in [-0.25, -0.2) is 17.6 Å². The first-order valence-corrected chi connectivity index (χ1v) is 8.14. The quantitative estimate of drug-likeness (QED) is 0.531. The number of nitrogens with zero attached hydrogens (tertiary/aromatic N) is 2. The molecule has 0 bridgehead atoms. The lowest BCUT2D eigenvalue weighted by atomic mass is 9.88. The Morgan fingerprint density at radius 2 is 1.65 bits per heavy atom. The number of aryl methyl sites for hydroxylation is 2. The van der Waals surface area contributed by atoms with Crippen LogP contribution in [0.3, 0.4) is 0 Å². The van der Waals surface area contributed by atoms with Crippen molar-refractivity contribution in [2.24, 2.45) is 7.05 Å². The molecule has 0 N–H and O–H groups in total. The molecule has 3 aromatic rings. The van der Waals surface area contributed by atoms with Gasteiger partial charge in [-0.05, 0) is 44.2 Å². The molecule has 3 rings (SSSR count). The number of benzene rings is 2. The van der Waals surface area contributed by atoms with Crippen molar-refractivity contribution >= 4 is 11.6 Å². The van der Waals surface area contributed by atoms with Crippen LogP contribution in [0.5, 0.6) is 0 Å². The fraction of sp³-hybridized carbons (Fsp3) is 0.211. The van der Waals surface area contributed by atoms with E-state index in [4.69, 9.17) is 11.6 Å². The predicted molar refractivity (Wildman–Crippen MR) is 92.3 cm³/mol. The lowest BCUT2D eigenvalue weighted by Gasteiger charge is -2.24. The first kappa shape index (κ1) is 18.5. The minimum atomic E-state index is -2.33. The molecule has 1 heterocycles. The molecule has 0 saturated carbocycles. The van der Waals surface area contributed by atoms with Gasteiger partial charge in [0.15, 0.2) is 5.67 Å². The van der Waals surface area contributed by atoms with Crippen LogP contribution >= 0.6 is 11.6 Å². The maximum atomic E-state index is 15.8. The number of hydrogen-bond donors (Lipinski definition) is 0. The molecular formula is C19H15ClF4N2. The van der Waals surface area contributed by atoms with Gasteiger partial charge in [0.25, 0.3) is 0 Å². The van der Waals surface area contributed by atoms with Crippen molar-refractivity contribution in [3.8, 4) is 11.1 Å². The van der Waals surface area contributed by atoms with Gasteiger partial charge in [0.1, 0.15) is 17.5 Å².